The molecule has 2 heteroatoms. The lowest BCUT2D eigenvalue weighted by molar-refractivity contribution is 0.578. The molecule has 1 heterocycles. The van der Waals surface area contributed by atoms with Gasteiger partial charge in [0.15, 0.2) is 0 Å². The van der Waals surface area contributed by atoms with Gasteiger partial charge < -0.3 is 5.32 Å². The molecule has 0 saturated heterocycles. The topological polar surface area (TPSA) is 12.0 Å². The number of rotatable bonds is 4. The Morgan fingerprint density at radius 3 is 2.44 bits per heavy atom. The first-order chi connectivity index (χ1) is 8.56. The average molecular weight is 259 g/mol. The highest BCUT2D eigenvalue weighted by atomic mass is 32.1. The molecular formula is C16H21NS. The minimum Gasteiger partial charge on any atom is -0.305 e. The zero-order valence-corrected chi connectivity index (χ0v) is 12.4. The van der Waals surface area contributed by atoms with E-state index in [-0.39, 0.29) is 0 Å². The van der Waals surface area contributed by atoms with Gasteiger partial charge in [0.1, 0.15) is 0 Å². The Morgan fingerprint density at radius 1 is 1.06 bits per heavy atom. The average Bonchev–Trinajstić information content (AvgIpc) is 2.75. The van der Waals surface area contributed by atoms with Crippen LogP contribution in [0.4, 0.5) is 0 Å². The van der Waals surface area contributed by atoms with Crippen LogP contribution in [0.2, 0.25) is 0 Å². The lowest BCUT2D eigenvalue weighted by Crippen LogP contribution is -2.17. The van der Waals surface area contributed by atoms with E-state index in [1.807, 2.05) is 11.3 Å². The largest absolute Gasteiger partial charge is 0.305 e. The third-order valence-electron chi connectivity index (χ3n) is 3.41. The molecule has 1 unspecified atom stereocenters. The number of nitrogens with one attached hydrogen (secondary N) is 1. The van der Waals surface area contributed by atoms with Gasteiger partial charge in [-0.1, -0.05) is 18.2 Å². The van der Waals surface area contributed by atoms with E-state index in [0.717, 1.165) is 6.54 Å². The lowest BCUT2D eigenvalue weighted by Gasteiger charge is -2.15. The summed E-state index contributed by atoms with van der Waals surface area (Å²) in [5.41, 5.74) is 4.10. The van der Waals surface area contributed by atoms with E-state index >= 15 is 0 Å². The van der Waals surface area contributed by atoms with Crippen LogP contribution in [0.3, 0.4) is 0 Å². The number of hydrogen-bond donors (Lipinski definition) is 1. The molecule has 1 nitrogen and oxygen atoms in total. The maximum Gasteiger partial charge on any atom is 0.0305 e. The maximum atomic E-state index is 3.59. The van der Waals surface area contributed by atoms with Crippen molar-refractivity contribution in [2.24, 2.45) is 0 Å². The zero-order valence-electron chi connectivity index (χ0n) is 11.6. The summed E-state index contributed by atoms with van der Waals surface area (Å²) in [6, 6.07) is 11.5. The maximum absolute atomic E-state index is 3.59. The van der Waals surface area contributed by atoms with E-state index in [4.69, 9.17) is 0 Å². The lowest BCUT2D eigenvalue weighted by atomic mass is 10.0. The molecule has 0 spiro atoms. The summed E-state index contributed by atoms with van der Waals surface area (Å²) >= 11 is 1.87. The Balaban J connectivity index is 1.99. The molecule has 0 aliphatic carbocycles. The van der Waals surface area contributed by atoms with Gasteiger partial charge in [0.2, 0.25) is 0 Å². The number of benzene rings is 1. The minimum absolute atomic E-state index is 0.395. The molecule has 0 fully saturated rings. The standard InChI is InChI=1S/C16H21NS/c1-11-5-7-15(9-12(11)2)14(4)17-10-16-8-6-13(3)18-16/h5-9,14,17H,10H2,1-4H3. The molecule has 0 aliphatic rings. The van der Waals surface area contributed by atoms with Crippen molar-refractivity contribution in [3.63, 3.8) is 0 Å². The minimum atomic E-state index is 0.395. The van der Waals surface area contributed by atoms with Crippen molar-refractivity contribution in [1.29, 1.82) is 0 Å². The van der Waals surface area contributed by atoms with Gasteiger partial charge >= 0.3 is 0 Å². The number of aryl methyl sites for hydroxylation is 3. The second-order valence-corrected chi connectivity index (χ2v) is 6.33. The van der Waals surface area contributed by atoms with Crippen molar-refractivity contribution in [3.8, 4) is 0 Å². The summed E-state index contributed by atoms with van der Waals surface area (Å²) in [4.78, 5) is 2.79. The Labute approximate surface area is 114 Å². The predicted molar refractivity (Wildman–Crippen MR) is 80.2 cm³/mol. The summed E-state index contributed by atoms with van der Waals surface area (Å²) < 4.78 is 0. The predicted octanol–water partition coefficient (Wildman–Crippen LogP) is 4.52. The van der Waals surface area contributed by atoms with Crippen LogP contribution in [0.15, 0.2) is 30.3 Å². The first-order valence-electron chi connectivity index (χ1n) is 6.42. The van der Waals surface area contributed by atoms with Gasteiger partial charge in [-0.05, 0) is 56.5 Å². The summed E-state index contributed by atoms with van der Waals surface area (Å²) in [6.07, 6.45) is 0. The first kappa shape index (κ1) is 13.3. The van der Waals surface area contributed by atoms with Crippen molar-refractivity contribution >= 4 is 11.3 Å². The molecule has 1 N–H and O–H groups in total. The molecule has 1 aromatic carbocycles. The summed E-state index contributed by atoms with van der Waals surface area (Å²) in [6.45, 7) is 9.66. The fraction of sp³-hybridized carbons (Fsp3) is 0.375. The molecule has 2 aromatic rings. The van der Waals surface area contributed by atoms with Crippen LogP contribution in [-0.4, -0.2) is 0 Å². The molecular weight excluding hydrogens is 238 g/mol. The van der Waals surface area contributed by atoms with Crippen LogP contribution >= 0.6 is 11.3 Å². The molecule has 2 rings (SSSR count). The van der Waals surface area contributed by atoms with Crippen LogP contribution < -0.4 is 5.32 Å². The summed E-state index contributed by atoms with van der Waals surface area (Å²) in [5, 5.41) is 3.59. The van der Waals surface area contributed by atoms with Crippen LogP contribution in [0.25, 0.3) is 0 Å². The van der Waals surface area contributed by atoms with E-state index in [0.29, 0.717) is 6.04 Å². The number of thiophene rings is 1. The molecule has 0 saturated carbocycles. The second-order valence-electron chi connectivity index (χ2n) is 4.96. The van der Waals surface area contributed by atoms with Gasteiger partial charge in [-0.15, -0.1) is 11.3 Å². The highest BCUT2D eigenvalue weighted by Crippen LogP contribution is 2.19. The van der Waals surface area contributed by atoms with Crippen molar-refractivity contribution in [1.82, 2.24) is 5.32 Å². The van der Waals surface area contributed by atoms with Gasteiger partial charge in [-0.2, -0.15) is 0 Å². The van der Waals surface area contributed by atoms with Crippen molar-refractivity contribution in [2.45, 2.75) is 40.3 Å². The third kappa shape index (κ3) is 3.21. The van der Waals surface area contributed by atoms with Gasteiger partial charge in [0, 0.05) is 22.3 Å². The molecule has 1 atom stereocenters. The Bertz CT molecular complexity index is 528. The normalized spacial score (nSPS) is 12.7. The highest BCUT2D eigenvalue weighted by Gasteiger charge is 2.06. The van der Waals surface area contributed by atoms with Gasteiger partial charge in [0.05, 0.1) is 0 Å². The van der Waals surface area contributed by atoms with E-state index in [2.05, 4.69) is 63.3 Å². The zero-order chi connectivity index (χ0) is 13.1. The molecule has 0 amide bonds. The van der Waals surface area contributed by atoms with E-state index in [9.17, 15) is 0 Å². The van der Waals surface area contributed by atoms with E-state index in [1.165, 1.54) is 26.4 Å². The molecule has 96 valence electrons. The Hall–Kier alpha value is -1.12. The number of hydrogen-bond acceptors (Lipinski definition) is 2. The fourth-order valence-corrected chi connectivity index (χ4v) is 2.83. The SMILES string of the molecule is Cc1ccc(CNC(C)c2ccc(C)c(C)c2)s1. The Morgan fingerprint density at radius 2 is 1.83 bits per heavy atom. The van der Waals surface area contributed by atoms with Crippen molar-refractivity contribution in [3.05, 3.63) is 56.8 Å². The van der Waals surface area contributed by atoms with Crippen LogP contribution in [-0.2, 0) is 6.54 Å². The smallest absolute Gasteiger partial charge is 0.0305 e. The summed E-state index contributed by atoms with van der Waals surface area (Å²) in [7, 11) is 0. The first-order valence-corrected chi connectivity index (χ1v) is 7.24. The quantitative estimate of drug-likeness (QED) is 0.851. The van der Waals surface area contributed by atoms with Crippen molar-refractivity contribution in [2.75, 3.05) is 0 Å². The third-order valence-corrected chi connectivity index (χ3v) is 4.41. The van der Waals surface area contributed by atoms with Crippen LogP contribution in [0.5, 0.6) is 0 Å². The highest BCUT2D eigenvalue weighted by molar-refractivity contribution is 7.11. The van der Waals surface area contributed by atoms with Gasteiger partial charge in [0.25, 0.3) is 0 Å². The van der Waals surface area contributed by atoms with Crippen molar-refractivity contribution < 1.29 is 0 Å². The second kappa shape index (κ2) is 5.68. The van der Waals surface area contributed by atoms with E-state index < -0.39 is 0 Å². The van der Waals surface area contributed by atoms with E-state index in [1.54, 1.807) is 0 Å². The molecule has 1 aromatic heterocycles. The monoisotopic (exact) mass is 259 g/mol. The molecule has 0 radical (unpaired) electrons. The van der Waals surface area contributed by atoms with Crippen LogP contribution in [0.1, 0.15) is 39.4 Å². The van der Waals surface area contributed by atoms with Gasteiger partial charge in [-0.25, -0.2) is 0 Å². The summed E-state index contributed by atoms with van der Waals surface area (Å²) in [5.74, 6) is 0. The Kier molecular flexibility index (Phi) is 4.20. The fourth-order valence-electron chi connectivity index (χ4n) is 1.99. The molecule has 0 aliphatic heterocycles. The van der Waals surface area contributed by atoms with Gasteiger partial charge in [-0.3, -0.25) is 0 Å². The van der Waals surface area contributed by atoms with Crippen LogP contribution in [0, 0.1) is 20.8 Å². The molecule has 0 bridgehead atoms. The molecule has 18 heavy (non-hydrogen) atoms.